The van der Waals surface area contributed by atoms with Crippen molar-refractivity contribution >= 4 is 5.91 Å². The number of aryl methyl sites for hydroxylation is 2. The Morgan fingerprint density at radius 1 is 1.23 bits per heavy atom. The van der Waals surface area contributed by atoms with Gasteiger partial charge in [-0.25, -0.2) is 0 Å². The standard InChI is InChI=1S/C20H26N4O2/c25-19(6-5-15-7-9-21-10-8-15)23-11-2-12-24-17(14-23)13-18(22-24)20(26)16-3-1-4-16/h7-10,13,16,20,26H,1-6,11-12,14H2/t20-/m0/s1. The first-order chi connectivity index (χ1) is 12.7. The average molecular weight is 354 g/mol. The lowest BCUT2D eigenvalue weighted by Crippen LogP contribution is -2.30. The average Bonchev–Trinajstić information content (AvgIpc) is 2.91. The van der Waals surface area contributed by atoms with E-state index in [0.717, 1.165) is 55.7 Å². The molecule has 2 aliphatic rings. The van der Waals surface area contributed by atoms with E-state index in [-0.39, 0.29) is 5.91 Å². The van der Waals surface area contributed by atoms with Crippen LogP contribution in [0.25, 0.3) is 0 Å². The van der Waals surface area contributed by atoms with Gasteiger partial charge in [-0.15, -0.1) is 0 Å². The molecule has 1 atom stereocenters. The molecule has 0 spiro atoms. The van der Waals surface area contributed by atoms with E-state index in [1.165, 1.54) is 6.42 Å². The van der Waals surface area contributed by atoms with Crippen LogP contribution in [0.1, 0.15) is 55.2 Å². The smallest absolute Gasteiger partial charge is 0.223 e. The van der Waals surface area contributed by atoms with E-state index in [4.69, 9.17) is 0 Å². The maximum Gasteiger partial charge on any atom is 0.223 e. The summed E-state index contributed by atoms with van der Waals surface area (Å²) >= 11 is 0. The van der Waals surface area contributed by atoms with Crippen molar-refractivity contribution in [3.8, 4) is 0 Å². The van der Waals surface area contributed by atoms with Gasteiger partial charge in [0.1, 0.15) is 6.10 Å². The lowest BCUT2D eigenvalue weighted by molar-refractivity contribution is -0.131. The van der Waals surface area contributed by atoms with Crippen molar-refractivity contribution in [3.63, 3.8) is 0 Å². The molecule has 0 saturated heterocycles. The van der Waals surface area contributed by atoms with Gasteiger partial charge in [0.2, 0.25) is 5.91 Å². The number of pyridine rings is 1. The molecule has 0 aromatic carbocycles. The Kier molecular flexibility index (Phi) is 5.02. The number of rotatable bonds is 5. The normalized spacial score (nSPS) is 18.7. The molecule has 6 nitrogen and oxygen atoms in total. The lowest BCUT2D eigenvalue weighted by atomic mass is 9.80. The Bertz CT molecular complexity index is 754. The van der Waals surface area contributed by atoms with Crippen LogP contribution in [0.4, 0.5) is 0 Å². The van der Waals surface area contributed by atoms with Crippen LogP contribution in [0, 0.1) is 5.92 Å². The monoisotopic (exact) mass is 354 g/mol. The quantitative estimate of drug-likeness (QED) is 0.895. The molecular formula is C20H26N4O2. The number of aliphatic hydroxyl groups is 1. The lowest BCUT2D eigenvalue weighted by Gasteiger charge is -2.29. The van der Waals surface area contributed by atoms with Crippen molar-refractivity contribution in [1.82, 2.24) is 19.7 Å². The molecule has 1 saturated carbocycles. The summed E-state index contributed by atoms with van der Waals surface area (Å²) in [6, 6.07) is 5.91. The second-order valence-corrected chi connectivity index (χ2v) is 7.44. The predicted molar refractivity (Wildman–Crippen MR) is 97.1 cm³/mol. The predicted octanol–water partition coefficient (Wildman–Crippen LogP) is 2.48. The molecule has 2 aromatic rings. The number of fused-ring (bicyclic) bond motifs is 1. The number of hydrogen-bond acceptors (Lipinski definition) is 4. The van der Waals surface area contributed by atoms with Gasteiger partial charge in [0.25, 0.3) is 0 Å². The van der Waals surface area contributed by atoms with Crippen molar-refractivity contribution in [3.05, 3.63) is 47.5 Å². The topological polar surface area (TPSA) is 71.2 Å². The first-order valence-electron chi connectivity index (χ1n) is 9.62. The van der Waals surface area contributed by atoms with Gasteiger partial charge in [-0.2, -0.15) is 5.10 Å². The Balaban J connectivity index is 1.40. The van der Waals surface area contributed by atoms with Crippen LogP contribution in [0.15, 0.2) is 30.6 Å². The van der Waals surface area contributed by atoms with Crippen molar-refractivity contribution in [2.75, 3.05) is 6.54 Å². The third-order valence-electron chi connectivity index (χ3n) is 5.66. The highest BCUT2D eigenvalue weighted by Crippen LogP contribution is 2.37. The molecule has 26 heavy (non-hydrogen) atoms. The van der Waals surface area contributed by atoms with Gasteiger partial charge < -0.3 is 10.0 Å². The summed E-state index contributed by atoms with van der Waals surface area (Å²) in [5.41, 5.74) is 2.95. The molecule has 6 heteroatoms. The van der Waals surface area contributed by atoms with Gasteiger partial charge in [0, 0.05) is 31.9 Å². The number of amides is 1. The number of aromatic nitrogens is 3. The summed E-state index contributed by atoms with van der Waals surface area (Å²) in [5.74, 6) is 0.532. The number of nitrogens with zero attached hydrogens (tertiary/aromatic N) is 4. The van der Waals surface area contributed by atoms with Gasteiger partial charge in [-0.05, 0) is 55.4 Å². The van der Waals surface area contributed by atoms with Crippen LogP contribution in [-0.4, -0.2) is 37.2 Å². The Hall–Kier alpha value is -2.21. The maximum absolute atomic E-state index is 12.7. The Labute approximate surface area is 153 Å². The molecule has 4 rings (SSSR count). The summed E-state index contributed by atoms with van der Waals surface area (Å²) in [5, 5.41) is 15.1. The largest absolute Gasteiger partial charge is 0.386 e. The first-order valence-corrected chi connectivity index (χ1v) is 9.62. The fraction of sp³-hybridized carbons (Fsp3) is 0.550. The van der Waals surface area contributed by atoms with E-state index in [2.05, 4.69) is 10.1 Å². The molecule has 2 aromatic heterocycles. The minimum absolute atomic E-state index is 0.178. The van der Waals surface area contributed by atoms with Crippen LogP contribution < -0.4 is 0 Å². The Morgan fingerprint density at radius 3 is 2.77 bits per heavy atom. The molecule has 1 aliphatic carbocycles. The van der Waals surface area contributed by atoms with Crippen LogP contribution in [-0.2, 0) is 24.3 Å². The van der Waals surface area contributed by atoms with E-state index in [1.54, 1.807) is 12.4 Å². The van der Waals surface area contributed by atoms with Gasteiger partial charge in [0.05, 0.1) is 17.9 Å². The van der Waals surface area contributed by atoms with E-state index in [0.29, 0.717) is 18.9 Å². The molecule has 0 unspecified atom stereocenters. The van der Waals surface area contributed by atoms with Crippen LogP contribution >= 0.6 is 0 Å². The van der Waals surface area contributed by atoms with Crippen LogP contribution in [0.3, 0.4) is 0 Å². The highest BCUT2D eigenvalue weighted by atomic mass is 16.3. The number of carbonyl (C=O) groups is 1. The second-order valence-electron chi connectivity index (χ2n) is 7.44. The number of aliphatic hydroxyl groups excluding tert-OH is 1. The molecule has 0 radical (unpaired) electrons. The fourth-order valence-corrected chi connectivity index (χ4v) is 3.80. The van der Waals surface area contributed by atoms with Gasteiger partial charge >= 0.3 is 0 Å². The van der Waals surface area contributed by atoms with Crippen molar-refractivity contribution in [1.29, 1.82) is 0 Å². The summed E-state index contributed by atoms with van der Waals surface area (Å²) in [7, 11) is 0. The summed E-state index contributed by atoms with van der Waals surface area (Å²) in [4.78, 5) is 18.6. The highest BCUT2D eigenvalue weighted by molar-refractivity contribution is 5.76. The fourth-order valence-electron chi connectivity index (χ4n) is 3.80. The molecule has 3 heterocycles. The minimum Gasteiger partial charge on any atom is -0.386 e. The second kappa shape index (κ2) is 7.58. The van der Waals surface area contributed by atoms with Crippen LogP contribution in [0.5, 0.6) is 0 Å². The van der Waals surface area contributed by atoms with E-state index in [9.17, 15) is 9.90 Å². The Morgan fingerprint density at radius 2 is 2.04 bits per heavy atom. The molecule has 138 valence electrons. The molecule has 1 aliphatic heterocycles. The van der Waals surface area contributed by atoms with Gasteiger partial charge in [-0.3, -0.25) is 14.5 Å². The number of carbonyl (C=O) groups excluding carboxylic acids is 1. The van der Waals surface area contributed by atoms with Crippen molar-refractivity contribution in [2.24, 2.45) is 5.92 Å². The zero-order chi connectivity index (χ0) is 17.9. The van der Waals surface area contributed by atoms with E-state index < -0.39 is 6.10 Å². The van der Waals surface area contributed by atoms with Gasteiger partial charge in [-0.1, -0.05) is 6.42 Å². The number of hydrogen-bond donors (Lipinski definition) is 1. The maximum atomic E-state index is 12.7. The van der Waals surface area contributed by atoms with Gasteiger partial charge in [0.15, 0.2) is 0 Å². The zero-order valence-corrected chi connectivity index (χ0v) is 15.0. The van der Waals surface area contributed by atoms with E-state index >= 15 is 0 Å². The van der Waals surface area contributed by atoms with E-state index in [1.807, 2.05) is 27.8 Å². The van der Waals surface area contributed by atoms with Crippen LogP contribution in [0.2, 0.25) is 0 Å². The summed E-state index contributed by atoms with van der Waals surface area (Å²) in [6.45, 7) is 2.15. The third kappa shape index (κ3) is 3.65. The van der Waals surface area contributed by atoms with Crippen molar-refractivity contribution < 1.29 is 9.90 Å². The molecule has 1 N–H and O–H groups in total. The first kappa shape index (κ1) is 17.2. The summed E-state index contributed by atoms with van der Waals surface area (Å²) < 4.78 is 1.98. The molecular weight excluding hydrogens is 328 g/mol. The third-order valence-corrected chi connectivity index (χ3v) is 5.66. The SMILES string of the molecule is O=C(CCc1ccncc1)N1CCCn2nc([C@@H](O)C3CCC3)cc2C1. The molecule has 1 amide bonds. The molecule has 0 bridgehead atoms. The minimum atomic E-state index is -0.459. The molecule has 1 fully saturated rings. The van der Waals surface area contributed by atoms with Crippen molar-refractivity contribution in [2.45, 2.75) is 57.7 Å². The zero-order valence-electron chi connectivity index (χ0n) is 15.0. The highest BCUT2D eigenvalue weighted by Gasteiger charge is 2.30. The summed E-state index contributed by atoms with van der Waals surface area (Å²) in [6.07, 6.45) is 8.59.